The number of benzene rings is 1. The zero-order valence-corrected chi connectivity index (χ0v) is 13.7. The van der Waals surface area contributed by atoms with Crippen LogP contribution in [0.1, 0.15) is 30.9 Å². The second-order valence-electron chi connectivity index (χ2n) is 5.31. The molecule has 0 saturated carbocycles. The molecule has 1 aliphatic rings. The van der Waals surface area contributed by atoms with Crippen molar-refractivity contribution >= 4 is 22.4 Å². The normalized spacial score (nSPS) is 23.1. The first kappa shape index (κ1) is 17.9. The number of aryl methyl sites for hydroxylation is 1. The summed E-state index contributed by atoms with van der Waals surface area (Å²) in [5.74, 6) is 0. The minimum absolute atomic E-state index is 0. The van der Waals surface area contributed by atoms with Crippen LogP contribution in [-0.2, 0) is 10.0 Å². The summed E-state index contributed by atoms with van der Waals surface area (Å²) in [5.41, 5.74) is 6.78. The Balaban J connectivity index is 0.00000220. The van der Waals surface area contributed by atoms with Crippen molar-refractivity contribution in [2.24, 2.45) is 5.73 Å². The molecule has 5 nitrogen and oxygen atoms in total. The van der Waals surface area contributed by atoms with Crippen molar-refractivity contribution in [1.82, 2.24) is 4.31 Å². The van der Waals surface area contributed by atoms with E-state index in [0.29, 0.717) is 24.9 Å². The highest BCUT2D eigenvalue weighted by molar-refractivity contribution is 7.89. The molecule has 0 aromatic heterocycles. The maximum absolute atomic E-state index is 12.8. The third-order valence-electron chi connectivity index (χ3n) is 3.79. The van der Waals surface area contributed by atoms with E-state index in [1.165, 1.54) is 10.4 Å². The van der Waals surface area contributed by atoms with Gasteiger partial charge in [0, 0.05) is 18.6 Å². The van der Waals surface area contributed by atoms with Gasteiger partial charge in [-0.25, -0.2) is 8.42 Å². The van der Waals surface area contributed by atoms with E-state index >= 15 is 0 Å². The molecule has 0 amide bonds. The minimum Gasteiger partial charge on any atom is -0.328 e. The molecule has 116 valence electrons. The van der Waals surface area contributed by atoms with Crippen molar-refractivity contribution in [1.29, 1.82) is 5.26 Å². The van der Waals surface area contributed by atoms with Gasteiger partial charge < -0.3 is 5.73 Å². The van der Waals surface area contributed by atoms with Crippen LogP contribution < -0.4 is 5.73 Å². The maximum atomic E-state index is 12.8. The van der Waals surface area contributed by atoms with E-state index in [2.05, 4.69) is 0 Å². The summed E-state index contributed by atoms with van der Waals surface area (Å²) in [7, 11) is -3.64. The first-order valence-corrected chi connectivity index (χ1v) is 8.09. The van der Waals surface area contributed by atoms with Gasteiger partial charge >= 0.3 is 0 Å². The highest BCUT2D eigenvalue weighted by atomic mass is 35.5. The fourth-order valence-electron chi connectivity index (χ4n) is 2.67. The van der Waals surface area contributed by atoms with Gasteiger partial charge in [0.1, 0.15) is 11.0 Å². The van der Waals surface area contributed by atoms with Crippen LogP contribution in [0.5, 0.6) is 0 Å². The zero-order chi connectivity index (χ0) is 14.9. The lowest BCUT2D eigenvalue weighted by Gasteiger charge is -2.35. The van der Waals surface area contributed by atoms with Crippen LogP contribution in [0, 0.1) is 18.3 Å². The summed E-state index contributed by atoms with van der Waals surface area (Å²) >= 11 is 0. The molecule has 2 atom stereocenters. The highest BCUT2D eigenvalue weighted by Gasteiger charge is 2.34. The smallest absolute Gasteiger partial charge is 0.244 e. The summed E-state index contributed by atoms with van der Waals surface area (Å²) in [4.78, 5) is 0.0994. The molecule has 1 aliphatic heterocycles. The molecule has 2 N–H and O–H groups in total. The Morgan fingerprint density at radius 1 is 1.43 bits per heavy atom. The molecule has 1 fully saturated rings. The van der Waals surface area contributed by atoms with Gasteiger partial charge in [-0.2, -0.15) is 9.57 Å². The Morgan fingerprint density at radius 2 is 2.10 bits per heavy atom. The fourth-order valence-corrected chi connectivity index (χ4v) is 4.54. The Labute approximate surface area is 132 Å². The molecule has 7 heteroatoms. The van der Waals surface area contributed by atoms with E-state index in [1.807, 2.05) is 13.0 Å². The number of rotatable bonds is 2. The molecule has 0 aliphatic carbocycles. The molecular weight excluding hydrogens is 310 g/mol. The molecule has 1 aromatic rings. The van der Waals surface area contributed by atoms with Crippen LogP contribution in [0.25, 0.3) is 0 Å². The largest absolute Gasteiger partial charge is 0.328 e. The molecule has 1 heterocycles. The second-order valence-corrected chi connectivity index (χ2v) is 7.17. The van der Waals surface area contributed by atoms with Crippen molar-refractivity contribution in [2.75, 3.05) is 6.54 Å². The number of nitriles is 1. The standard InChI is InChI=1S/C14H19N3O2S.ClH/c1-10-4-3-5-14(13(10)9-15)20(18,19)17-7-6-12(16)8-11(17)2;/h3-5,11-12H,6-8,16H2,1-2H3;1H. The van der Waals surface area contributed by atoms with E-state index in [4.69, 9.17) is 5.73 Å². The van der Waals surface area contributed by atoms with Crippen LogP contribution in [0.3, 0.4) is 0 Å². The molecule has 2 unspecified atom stereocenters. The number of sulfonamides is 1. The second kappa shape index (κ2) is 6.75. The quantitative estimate of drug-likeness (QED) is 0.896. The molecule has 0 bridgehead atoms. The molecule has 1 saturated heterocycles. The Morgan fingerprint density at radius 3 is 2.67 bits per heavy atom. The third kappa shape index (κ3) is 3.38. The number of halogens is 1. The zero-order valence-electron chi connectivity index (χ0n) is 12.1. The van der Waals surface area contributed by atoms with Crippen LogP contribution in [-0.4, -0.2) is 31.4 Å². The summed E-state index contributed by atoms with van der Waals surface area (Å²) < 4.78 is 27.0. The molecule has 1 aromatic carbocycles. The lowest BCUT2D eigenvalue weighted by atomic mass is 10.0. The van der Waals surface area contributed by atoms with Gasteiger partial charge in [0.05, 0.1) is 5.56 Å². The third-order valence-corrected chi connectivity index (χ3v) is 5.84. The van der Waals surface area contributed by atoms with Crippen molar-refractivity contribution in [3.63, 3.8) is 0 Å². The van der Waals surface area contributed by atoms with Crippen molar-refractivity contribution in [2.45, 2.75) is 43.7 Å². The summed E-state index contributed by atoms with van der Waals surface area (Å²) in [5, 5.41) is 9.22. The van der Waals surface area contributed by atoms with Gasteiger partial charge in [-0.1, -0.05) is 12.1 Å². The average Bonchev–Trinajstić information content (AvgIpc) is 2.37. The van der Waals surface area contributed by atoms with Crippen molar-refractivity contribution < 1.29 is 8.42 Å². The summed E-state index contributed by atoms with van der Waals surface area (Å²) in [6, 6.07) is 6.82. The van der Waals surface area contributed by atoms with Gasteiger partial charge in [-0.3, -0.25) is 0 Å². The van der Waals surface area contributed by atoms with Crippen LogP contribution >= 0.6 is 12.4 Å². The van der Waals surface area contributed by atoms with Gasteiger partial charge in [0.15, 0.2) is 0 Å². The van der Waals surface area contributed by atoms with E-state index in [9.17, 15) is 13.7 Å². The highest BCUT2D eigenvalue weighted by Crippen LogP contribution is 2.27. The number of piperidine rings is 1. The van der Waals surface area contributed by atoms with Crippen LogP contribution in [0.4, 0.5) is 0 Å². The summed E-state index contributed by atoms with van der Waals surface area (Å²) in [6.07, 6.45) is 1.30. The molecular formula is C14H20ClN3O2S. The van der Waals surface area contributed by atoms with E-state index in [-0.39, 0.29) is 34.9 Å². The first-order chi connectivity index (χ1) is 9.37. The average molecular weight is 330 g/mol. The molecule has 2 rings (SSSR count). The van der Waals surface area contributed by atoms with Crippen molar-refractivity contribution in [3.05, 3.63) is 29.3 Å². The Kier molecular flexibility index (Phi) is 5.76. The fraction of sp³-hybridized carbons (Fsp3) is 0.500. The van der Waals surface area contributed by atoms with Gasteiger partial charge in [-0.15, -0.1) is 12.4 Å². The van der Waals surface area contributed by atoms with Crippen LogP contribution in [0.15, 0.2) is 23.1 Å². The van der Waals surface area contributed by atoms with E-state index in [1.54, 1.807) is 19.1 Å². The molecule has 21 heavy (non-hydrogen) atoms. The van der Waals surface area contributed by atoms with Gasteiger partial charge in [0.25, 0.3) is 0 Å². The maximum Gasteiger partial charge on any atom is 0.244 e. The topological polar surface area (TPSA) is 87.2 Å². The Bertz CT molecular complexity index is 655. The number of nitrogens with two attached hydrogens (primary N) is 1. The summed E-state index contributed by atoms with van der Waals surface area (Å²) in [6.45, 7) is 4.01. The molecule has 0 spiro atoms. The lowest BCUT2D eigenvalue weighted by molar-refractivity contribution is 0.247. The minimum atomic E-state index is -3.64. The van der Waals surface area contributed by atoms with Gasteiger partial charge in [0.2, 0.25) is 10.0 Å². The van der Waals surface area contributed by atoms with Gasteiger partial charge in [-0.05, 0) is 38.3 Å². The number of nitrogens with zero attached hydrogens (tertiary/aromatic N) is 2. The SMILES string of the molecule is Cc1cccc(S(=O)(=O)N2CCC(N)CC2C)c1C#N.Cl. The number of hydrogen-bond acceptors (Lipinski definition) is 4. The monoisotopic (exact) mass is 329 g/mol. The van der Waals surface area contributed by atoms with Crippen molar-refractivity contribution in [3.8, 4) is 6.07 Å². The predicted octanol–water partition coefficient (Wildman–Crippen LogP) is 1.79. The van der Waals surface area contributed by atoms with E-state index in [0.717, 1.165) is 0 Å². The molecule has 0 radical (unpaired) electrons. The predicted molar refractivity (Wildman–Crippen MR) is 83.7 cm³/mol. The number of hydrogen-bond donors (Lipinski definition) is 1. The van der Waals surface area contributed by atoms with E-state index < -0.39 is 10.0 Å². The Hall–Kier alpha value is -1.13. The van der Waals surface area contributed by atoms with Crippen LogP contribution in [0.2, 0.25) is 0 Å². The lowest BCUT2D eigenvalue weighted by Crippen LogP contribution is -2.48. The first-order valence-electron chi connectivity index (χ1n) is 6.65.